The number of aromatic nitrogens is 2. The predicted molar refractivity (Wildman–Crippen MR) is 106 cm³/mol. The second-order valence-corrected chi connectivity index (χ2v) is 8.00. The summed E-state index contributed by atoms with van der Waals surface area (Å²) in [4.78, 5) is 42.0. The third-order valence-corrected chi connectivity index (χ3v) is 5.92. The summed E-state index contributed by atoms with van der Waals surface area (Å²) < 4.78 is 1.68. The highest BCUT2D eigenvalue weighted by atomic mass is 35.5. The maximum absolute atomic E-state index is 13.0. The van der Waals surface area contributed by atoms with Crippen LogP contribution in [0.4, 0.5) is 4.79 Å². The number of rotatable bonds is 6. The van der Waals surface area contributed by atoms with Crippen LogP contribution in [0.15, 0.2) is 16.9 Å². The molecule has 28 heavy (non-hydrogen) atoms. The summed E-state index contributed by atoms with van der Waals surface area (Å²) in [5.74, 6) is -0.417. The molecular weight excluding hydrogens is 380 g/mol. The first kappa shape index (κ1) is 18.9. The number of aryl methyl sites for hydroxylation is 2. The van der Waals surface area contributed by atoms with Crippen molar-refractivity contribution in [2.45, 2.75) is 64.0 Å². The van der Waals surface area contributed by atoms with E-state index in [2.05, 4.69) is 22.5 Å². The maximum atomic E-state index is 13.0. The SMILES string of the molecule is CCCCCCCc1nc2cc(Cl)cc3c2n(c1=O)CCC31NC(=O)NC1=O. The smallest absolute Gasteiger partial charge is 0.319 e. The Hall–Kier alpha value is -2.41. The van der Waals surface area contributed by atoms with Crippen molar-refractivity contribution in [3.63, 3.8) is 0 Å². The van der Waals surface area contributed by atoms with Gasteiger partial charge >= 0.3 is 6.03 Å². The molecule has 0 saturated carbocycles. The molecule has 1 aromatic heterocycles. The topological polar surface area (TPSA) is 93.1 Å². The Morgan fingerprint density at radius 1 is 1.18 bits per heavy atom. The zero-order valence-electron chi connectivity index (χ0n) is 15.8. The number of urea groups is 1. The van der Waals surface area contributed by atoms with Crippen molar-refractivity contribution in [1.82, 2.24) is 20.2 Å². The number of imide groups is 1. The molecule has 1 fully saturated rings. The van der Waals surface area contributed by atoms with E-state index >= 15 is 0 Å². The molecule has 0 radical (unpaired) electrons. The molecule has 0 aliphatic carbocycles. The third kappa shape index (κ3) is 2.98. The molecule has 1 atom stereocenters. The molecule has 4 rings (SSSR count). The summed E-state index contributed by atoms with van der Waals surface area (Å²) in [6.07, 6.45) is 6.45. The molecule has 0 bridgehead atoms. The lowest BCUT2D eigenvalue weighted by Gasteiger charge is -2.33. The van der Waals surface area contributed by atoms with Crippen LogP contribution < -0.4 is 16.2 Å². The van der Waals surface area contributed by atoms with Crippen molar-refractivity contribution >= 4 is 34.6 Å². The molecule has 2 aliphatic heterocycles. The van der Waals surface area contributed by atoms with Crippen LogP contribution in [0.3, 0.4) is 0 Å². The molecule has 1 saturated heterocycles. The Labute approximate surface area is 167 Å². The zero-order chi connectivity index (χ0) is 19.9. The number of carbonyl (C=O) groups is 2. The van der Waals surface area contributed by atoms with Gasteiger partial charge in [0.2, 0.25) is 0 Å². The molecule has 2 aliphatic rings. The molecule has 148 valence electrons. The number of hydrogen-bond donors (Lipinski definition) is 2. The first-order valence-electron chi connectivity index (χ1n) is 9.83. The number of nitrogens with one attached hydrogen (secondary N) is 2. The first-order chi connectivity index (χ1) is 13.5. The second kappa shape index (κ2) is 7.20. The van der Waals surface area contributed by atoms with Crippen LogP contribution >= 0.6 is 11.6 Å². The lowest BCUT2D eigenvalue weighted by atomic mass is 9.83. The van der Waals surface area contributed by atoms with Crippen LogP contribution in [0.25, 0.3) is 11.0 Å². The Morgan fingerprint density at radius 3 is 2.68 bits per heavy atom. The van der Waals surface area contributed by atoms with E-state index in [-0.39, 0.29) is 5.56 Å². The number of halogens is 1. The summed E-state index contributed by atoms with van der Waals surface area (Å²) in [5, 5.41) is 5.46. The summed E-state index contributed by atoms with van der Waals surface area (Å²) in [6, 6.07) is 2.83. The monoisotopic (exact) mass is 402 g/mol. The number of amides is 3. The van der Waals surface area contributed by atoms with Crippen LogP contribution in [-0.4, -0.2) is 21.5 Å². The van der Waals surface area contributed by atoms with E-state index in [4.69, 9.17) is 11.6 Å². The molecule has 2 aromatic rings. The van der Waals surface area contributed by atoms with Crippen molar-refractivity contribution in [1.29, 1.82) is 0 Å². The minimum atomic E-state index is -1.20. The van der Waals surface area contributed by atoms with Gasteiger partial charge in [0.1, 0.15) is 11.2 Å². The van der Waals surface area contributed by atoms with Gasteiger partial charge in [0, 0.05) is 23.6 Å². The van der Waals surface area contributed by atoms with Crippen LogP contribution in [0, 0.1) is 0 Å². The minimum absolute atomic E-state index is 0.119. The van der Waals surface area contributed by atoms with Crippen molar-refractivity contribution in [3.8, 4) is 0 Å². The molecule has 3 heterocycles. The molecule has 1 aromatic carbocycles. The van der Waals surface area contributed by atoms with Gasteiger partial charge in [-0.15, -0.1) is 0 Å². The summed E-state index contributed by atoms with van der Waals surface area (Å²) in [5.41, 5.74) is 0.907. The largest absolute Gasteiger partial charge is 0.322 e. The number of nitrogens with zero attached hydrogens (tertiary/aromatic N) is 2. The van der Waals surface area contributed by atoms with Gasteiger partial charge in [-0.1, -0.05) is 44.2 Å². The van der Waals surface area contributed by atoms with E-state index in [1.807, 2.05) is 0 Å². The highest BCUT2D eigenvalue weighted by Gasteiger charge is 2.50. The fourth-order valence-electron chi connectivity index (χ4n) is 4.27. The minimum Gasteiger partial charge on any atom is -0.319 e. The molecule has 3 amide bonds. The molecular formula is C20H23ClN4O3. The second-order valence-electron chi connectivity index (χ2n) is 7.56. The molecule has 2 N–H and O–H groups in total. The normalized spacial score (nSPS) is 20.6. The lowest BCUT2D eigenvalue weighted by molar-refractivity contribution is -0.124. The van der Waals surface area contributed by atoms with Crippen LogP contribution in [-0.2, 0) is 23.3 Å². The number of carbonyl (C=O) groups excluding carboxylic acids is 2. The van der Waals surface area contributed by atoms with Crippen molar-refractivity contribution in [2.24, 2.45) is 0 Å². The highest BCUT2D eigenvalue weighted by molar-refractivity contribution is 6.31. The van der Waals surface area contributed by atoms with E-state index in [1.54, 1.807) is 16.7 Å². The average molecular weight is 403 g/mol. The van der Waals surface area contributed by atoms with Crippen molar-refractivity contribution < 1.29 is 9.59 Å². The summed E-state index contributed by atoms with van der Waals surface area (Å²) >= 11 is 6.31. The van der Waals surface area contributed by atoms with Gasteiger partial charge in [0.15, 0.2) is 0 Å². The number of unbranched alkanes of at least 4 members (excludes halogenated alkanes) is 4. The first-order valence-corrected chi connectivity index (χ1v) is 10.2. The van der Waals surface area contributed by atoms with Gasteiger partial charge in [-0.05, 0) is 25.0 Å². The van der Waals surface area contributed by atoms with E-state index < -0.39 is 17.5 Å². The fourth-order valence-corrected chi connectivity index (χ4v) is 4.49. The Balaban J connectivity index is 1.79. The van der Waals surface area contributed by atoms with Gasteiger partial charge in [0.05, 0.1) is 11.0 Å². The number of benzene rings is 1. The van der Waals surface area contributed by atoms with Gasteiger partial charge in [-0.2, -0.15) is 0 Å². The van der Waals surface area contributed by atoms with Crippen LogP contribution in [0.2, 0.25) is 5.02 Å². The Morgan fingerprint density at radius 2 is 1.96 bits per heavy atom. The zero-order valence-corrected chi connectivity index (χ0v) is 16.6. The Bertz CT molecular complexity index is 1030. The van der Waals surface area contributed by atoms with E-state index in [0.29, 0.717) is 46.7 Å². The van der Waals surface area contributed by atoms with Gasteiger partial charge in [-0.25, -0.2) is 9.78 Å². The maximum Gasteiger partial charge on any atom is 0.322 e. The molecule has 8 heteroatoms. The number of hydrogen-bond acceptors (Lipinski definition) is 4. The molecule has 1 unspecified atom stereocenters. The van der Waals surface area contributed by atoms with E-state index in [1.165, 1.54) is 12.8 Å². The molecule has 1 spiro atoms. The Kier molecular flexibility index (Phi) is 4.87. The van der Waals surface area contributed by atoms with Crippen molar-refractivity contribution in [2.75, 3.05) is 0 Å². The average Bonchev–Trinajstić information content (AvgIpc) is 2.94. The third-order valence-electron chi connectivity index (χ3n) is 5.70. The quantitative estimate of drug-likeness (QED) is 0.573. The predicted octanol–water partition coefficient (Wildman–Crippen LogP) is 3.00. The standard InChI is InChI=1S/C20H23ClN4O3/c1-2-3-4-5-6-7-14-17(26)25-9-8-20(18(27)23-19(28)24-20)13-10-12(21)11-15(22-14)16(13)25/h10-11H,2-9H2,1H3,(H2,23,24,27,28). The summed E-state index contributed by atoms with van der Waals surface area (Å²) in [7, 11) is 0. The van der Waals surface area contributed by atoms with Crippen molar-refractivity contribution in [3.05, 3.63) is 38.8 Å². The van der Waals surface area contributed by atoms with Gasteiger partial charge in [-0.3, -0.25) is 14.9 Å². The van der Waals surface area contributed by atoms with Gasteiger partial charge in [0.25, 0.3) is 11.5 Å². The van der Waals surface area contributed by atoms with Crippen LogP contribution in [0.1, 0.15) is 56.7 Å². The number of fused-ring (bicyclic) bond motifs is 1. The summed E-state index contributed by atoms with van der Waals surface area (Å²) in [6.45, 7) is 2.51. The fraction of sp³-hybridized carbons (Fsp3) is 0.500. The highest BCUT2D eigenvalue weighted by Crippen LogP contribution is 2.39. The van der Waals surface area contributed by atoms with Gasteiger partial charge < -0.3 is 9.88 Å². The molecule has 7 nitrogen and oxygen atoms in total. The lowest BCUT2D eigenvalue weighted by Crippen LogP contribution is -2.48. The van der Waals surface area contributed by atoms with E-state index in [0.717, 1.165) is 19.3 Å². The van der Waals surface area contributed by atoms with Crippen LogP contribution in [0.5, 0.6) is 0 Å². The van der Waals surface area contributed by atoms with E-state index in [9.17, 15) is 14.4 Å².